The van der Waals surface area contributed by atoms with Crippen LogP contribution >= 0.6 is 12.4 Å². The highest BCUT2D eigenvalue weighted by Gasteiger charge is 2.12. The average molecular weight is 212 g/mol. The normalized spacial score (nSPS) is 22.1. The molecule has 0 bridgehead atoms. The van der Waals surface area contributed by atoms with Gasteiger partial charge in [0.15, 0.2) is 0 Å². The topological polar surface area (TPSA) is 12.0 Å². The lowest BCUT2D eigenvalue weighted by atomic mass is 9.92. The third-order valence-corrected chi connectivity index (χ3v) is 2.85. The maximum atomic E-state index is 3.45. The average Bonchev–Trinajstić information content (AvgIpc) is 2.47. The summed E-state index contributed by atoms with van der Waals surface area (Å²) in [5, 5.41) is 3.45. The second-order valence-electron chi connectivity index (χ2n) is 3.79. The molecule has 0 aromatic heterocycles. The zero-order valence-electron chi connectivity index (χ0n) is 8.41. The first kappa shape index (κ1) is 11.5. The number of benzene rings is 1. The second kappa shape index (κ2) is 6.05. The number of nitrogens with one attached hydrogen (secondary N) is 1. The Balaban J connectivity index is 0.000000980. The summed E-state index contributed by atoms with van der Waals surface area (Å²) in [7, 11) is 0. The number of rotatable bonds is 1. The molecular weight excluding hydrogens is 194 g/mol. The van der Waals surface area contributed by atoms with E-state index in [0.29, 0.717) is 0 Å². The smallest absolute Gasteiger partial charge is 0.00431 e. The van der Waals surface area contributed by atoms with Crippen LogP contribution in [0.5, 0.6) is 0 Å². The molecule has 1 atom stereocenters. The van der Waals surface area contributed by atoms with E-state index >= 15 is 0 Å². The maximum Gasteiger partial charge on any atom is -0.00431 e. The van der Waals surface area contributed by atoms with E-state index in [1.807, 2.05) is 0 Å². The van der Waals surface area contributed by atoms with Gasteiger partial charge in [0.25, 0.3) is 0 Å². The van der Waals surface area contributed by atoms with E-state index in [4.69, 9.17) is 0 Å². The van der Waals surface area contributed by atoms with E-state index in [-0.39, 0.29) is 12.4 Å². The highest BCUT2D eigenvalue weighted by atomic mass is 35.5. The van der Waals surface area contributed by atoms with Crippen molar-refractivity contribution in [3.05, 3.63) is 35.9 Å². The molecule has 0 radical (unpaired) electrons. The Labute approximate surface area is 92.3 Å². The third-order valence-electron chi connectivity index (χ3n) is 2.85. The van der Waals surface area contributed by atoms with Crippen LogP contribution in [0, 0.1) is 0 Å². The van der Waals surface area contributed by atoms with Gasteiger partial charge in [-0.3, -0.25) is 0 Å². The van der Waals surface area contributed by atoms with Crippen LogP contribution in [0.3, 0.4) is 0 Å². The summed E-state index contributed by atoms with van der Waals surface area (Å²) in [5.74, 6) is 0.788. The molecule has 78 valence electrons. The SMILES string of the molecule is Cl.c1ccc(C2CCCNCC2)cc1. The minimum Gasteiger partial charge on any atom is -0.317 e. The van der Waals surface area contributed by atoms with Gasteiger partial charge in [0.2, 0.25) is 0 Å². The van der Waals surface area contributed by atoms with Gasteiger partial charge in [-0.1, -0.05) is 30.3 Å². The van der Waals surface area contributed by atoms with Gasteiger partial charge >= 0.3 is 0 Å². The molecule has 1 aliphatic heterocycles. The van der Waals surface area contributed by atoms with Crippen molar-refractivity contribution >= 4 is 12.4 Å². The number of hydrogen-bond donors (Lipinski definition) is 1. The minimum atomic E-state index is 0. The summed E-state index contributed by atoms with van der Waals surface area (Å²) < 4.78 is 0. The lowest BCUT2D eigenvalue weighted by molar-refractivity contribution is 0.609. The van der Waals surface area contributed by atoms with Crippen LogP contribution in [0.1, 0.15) is 30.7 Å². The molecule has 1 heterocycles. The molecule has 0 saturated carbocycles. The number of halogens is 1. The first-order valence-corrected chi connectivity index (χ1v) is 5.22. The van der Waals surface area contributed by atoms with Crippen molar-refractivity contribution in [3.8, 4) is 0 Å². The molecular formula is C12H18ClN. The Bertz CT molecular complexity index is 240. The molecule has 1 fully saturated rings. The molecule has 1 N–H and O–H groups in total. The fourth-order valence-electron chi connectivity index (χ4n) is 2.08. The van der Waals surface area contributed by atoms with Gasteiger partial charge in [0.05, 0.1) is 0 Å². The highest BCUT2D eigenvalue weighted by molar-refractivity contribution is 5.85. The van der Waals surface area contributed by atoms with E-state index in [1.54, 1.807) is 0 Å². The quantitative estimate of drug-likeness (QED) is 0.753. The van der Waals surface area contributed by atoms with Crippen molar-refractivity contribution in [1.29, 1.82) is 0 Å². The van der Waals surface area contributed by atoms with Gasteiger partial charge in [-0.15, -0.1) is 12.4 Å². The van der Waals surface area contributed by atoms with Crippen molar-refractivity contribution in [1.82, 2.24) is 5.32 Å². The molecule has 1 aromatic carbocycles. The van der Waals surface area contributed by atoms with Crippen LogP contribution in [0.15, 0.2) is 30.3 Å². The molecule has 1 saturated heterocycles. The fourth-order valence-corrected chi connectivity index (χ4v) is 2.08. The molecule has 0 amide bonds. The van der Waals surface area contributed by atoms with Crippen molar-refractivity contribution in [2.24, 2.45) is 0 Å². The van der Waals surface area contributed by atoms with E-state index in [9.17, 15) is 0 Å². The van der Waals surface area contributed by atoms with E-state index < -0.39 is 0 Å². The summed E-state index contributed by atoms with van der Waals surface area (Å²) in [5.41, 5.74) is 1.52. The Morgan fingerprint density at radius 3 is 2.57 bits per heavy atom. The molecule has 0 aliphatic carbocycles. The molecule has 14 heavy (non-hydrogen) atoms. The Morgan fingerprint density at radius 1 is 1.00 bits per heavy atom. The largest absolute Gasteiger partial charge is 0.317 e. The summed E-state index contributed by atoms with van der Waals surface area (Å²) in [6, 6.07) is 10.9. The van der Waals surface area contributed by atoms with Crippen LogP contribution in [-0.2, 0) is 0 Å². The lowest BCUT2D eigenvalue weighted by Gasteiger charge is -2.13. The molecule has 2 heteroatoms. The van der Waals surface area contributed by atoms with E-state index in [0.717, 1.165) is 5.92 Å². The summed E-state index contributed by atoms with van der Waals surface area (Å²) in [6.45, 7) is 2.38. The maximum absolute atomic E-state index is 3.45. The Morgan fingerprint density at radius 2 is 1.79 bits per heavy atom. The molecule has 1 aliphatic rings. The van der Waals surface area contributed by atoms with Crippen molar-refractivity contribution in [3.63, 3.8) is 0 Å². The molecule has 2 rings (SSSR count). The van der Waals surface area contributed by atoms with Gasteiger partial charge in [0.1, 0.15) is 0 Å². The van der Waals surface area contributed by atoms with Crippen LogP contribution in [0.25, 0.3) is 0 Å². The molecule has 0 spiro atoms. The van der Waals surface area contributed by atoms with Crippen molar-refractivity contribution < 1.29 is 0 Å². The lowest BCUT2D eigenvalue weighted by Crippen LogP contribution is -2.13. The van der Waals surface area contributed by atoms with Gasteiger partial charge in [-0.25, -0.2) is 0 Å². The minimum absolute atomic E-state index is 0. The molecule has 1 unspecified atom stereocenters. The van der Waals surface area contributed by atoms with Gasteiger partial charge < -0.3 is 5.32 Å². The second-order valence-corrected chi connectivity index (χ2v) is 3.79. The van der Waals surface area contributed by atoms with Crippen LogP contribution in [0.4, 0.5) is 0 Å². The zero-order valence-corrected chi connectivity index (χ0v) is 9.22. The molecule has 1 nitrogen and oxygen atoms in total. The monoisotopic (exact) mass is 211 g/mol. The van der Waals surface area contributed by atoms with Crippen LogP contribution in [-0.4, -0.2) is 13.1 Å². The van der Waals surface area contributed by atoms with Gasteiger partial charge in [-0.2, -0.15) is 0 Å². The summed E-state index contributed by atoms with van der Waals surface area (Å²) in [6.07, 6.45) is 3.96. The zero-order chi connectivity index (χ0) is 8.93. The Kier molecular flexibility index (Phi) is 4.99. The fraction of sp³-hybridized carbons (Fsp3) is 0.500. The first-order valence-electron chi connectivity index (χ1n) is 5.22. The number of hydrogen-bond acceptors (Lipinski definition) is 1. The highest BCUT2D eigenvalue weighted by Crippen LogP contribution is 2.25. The predicted octanol–water partition coefficient (Wildman–Crippen LogP) is 2.97. The van der Waals surface area contributed by atoms with E-state index in [2.05, 4.69) is 35.6 Å². The van der Waals surface area contributed by atoms with Gasteiger partial charge in [0, 0.05) is 0 Å². The third kappa shape index (κ3) is 3.00. The standard InChI is InChI=1S/C12H17N.ClH/c1-2-5-11(6-3-1)12-7-4-9-13-10-8-12;/h1-3,5-6,12-13H,4,7-10H2;1H. The van der Waals surface area contributed by atoms with E-state index in [1.165, 1.54) is 37.9 Å². The van der Waals surface area contributed by atoms with Crippen LogP contribution < -0.4 is 5.32 Å². The van der Waals surface area contributed by atoms with Gasteiger partial charge in [-0.05, 0) is 43.8 Å². The predicted molar refractivity (Wildman–Crippen MR) is 63.2 cm³/mol. The van der Waals surface area contributed by atoms with Crippen molar-refractivity contribution in [2.75, 3.05) is 13.1 Å². The molecule has 1 aromatic rings. The van der Waals surface area contributed by atoms with Crippen LogP contribution in [0.2, 0.25) is 0 Å². The van der Waals surface area contributed by atoms with Crippen molar-refractivity contribution in [2.45, 2.75) is 25.2 Å². The summed E-state index contributed by atoms with van der Waals surface area (Å²) >= 11 is 0. The Hall–Kier alpha value is -0.530. The first-order chi connectivity index (χ1) is 6.47. The summed E-state index contributed by atoms with van der Waals surface area (Å²) in [4.78, 5) is 0.